The van der Waals surface area contributed by atoms with E-state index in [1.165, 1.54) is 0 Å². The third-order valence-electron chi connectivity index (χ3n) is 3.41. The van der Waals surface area contributed by atoms with Crippen molar-refractivity contribution in [1.29, 1.82) is 0 Å². The summed E-state index contributed by atoms with van der Waals surface area (Å²) in [5.74, 6) is 0.645. The number of hydrogen-bond donors (Lipinski definition) is 0. The molecule has 0 fully saturated rings. The van der Waals surface area contributed by atoms with Crippen molar-refractivity contribution in [3.05, 3.63) is 66.4 Å². The zero-order valence-electron chi connectivity index (χ0n) is 13.2. The van der Waals surface area contributed by atoms with Gasteiger partial charge in [-0.25, -0.2) is 0 Å². The number of ketones is 1. The Balaban J connectivity index is 0.00000242. The molecule has 0 bridgehead atoms. The van der Waals surface area contributed by atoms with Crippen LogP contribution in [0.3, 0.4) is 0 Å². The summed E-state index contributed by atoms with van der Waals surface area (Å²) in [6.07, 6.45) is 3.59. The Morgan fingerprint density at radius 1 is 1.41 bits per heavy atom. The molecule has 0 radical (unpaired) electrons. The first kappa shape index (κ1) is 18.9. The summed E-state index contributed by atoms with van der Waals surface area (Å²) in [6.45, 7) is 9.68. The van der Waals surface area contributed by atoms with Crippen LogP contribution in [0, 0.1) is 13.8 Å². The topological polar surface area (TPSA) is 34.9 Å². The first-order valence-corrected chi connectivity index (χ1v) is 7.37. The van der Waals surface area contributed by atoms with Crippen molar-refractivity contribution < 1.29 is 23.7 Å². The second kappa shape index (κ2) is 8.48. The molecule has 1 atom stereocenters. The summed E-state index contributed by atoms with van der Waals surface area (Å²) in [6, 6.07) is 7.65. The number of hydrogen-bond acceptors (Lipinski definition) is 2. The molecule has 0 unspecified atom stereocenters. The minimum atomic E-state index is -0.0671. The van der Waals surface area contributed by atoms with Gasteiger partial charge in [0.1, 0.15) is 0 Å². The summed E-state index contributed by atoms with van der Waals surface area (Å²) < 4.78 is 1.78. The van der Waals surface area contributed by atoms with Crippen molar-refractivity contribution in [2.75, 3.05) is 0 Å². The first-order valence-electron chi connectivity index (χ1n) is 6.99. The molecule has 2 rings (SSSR count). The van der Waals surface area contributed by atoms with Crippen molar-refractivity contribution in [3.63, 3.8) is 0 Å². The van der Waals surface area contributed by atoms with E-state index in [4.69, 9.17) is 11.6 Å². The van der Waals surface area contributed by atoms with E-state index in [1.807, 2.05) is 31.2 Å². The maximum absolute atomic E-state index is 12.3. The summed E-state index contributed by atoms with van der Waals surface area (Å²) in [5.41, 5.74) is 1.66. The van der Waals surface area contributed by atoms with Crippen LogP contribution < -0.4 is 18.9 Å². The monoisotopic (exact) mass is 309 g/mol. The minimum Gasteiger partial charge on any atom is -0.380 e. The van der Waals surface area contributed by atoms with Gasteiger partial charge < -0.3 is 18.4 Å². The van der Waals surface area contributed by atoms with Crippen LogP contribution in [0.1, 0.15) is 47.7 Å². The quantitative estimate of drug-likeness (QED) is 0.458. The van der Waals surface area contributed by atoms with Gasteiger partial charge in [0.05, 0.1) is 11.9 Å². The molecule has 0 saturated carbocycles. The Bertz CT molecular complexity index is 637. The Morgan fingerprint density at radius 3 is 2.73 bits per heavy atom. The van der Waals surface area contributed by atoms with Gasteiger partial charge in [-0.3, -0.25) is 9.78 Å². The molecule has 112 valence electrons. The van der Waals surface area contributed by atoms with Crippen LogP contribution in [0.2, 0.25) is 5.02 Å². The number of rotatable bonds is 6. The van der Waals surface area contributed by atoms with Crippen molar-refractivity contribution in [3.8, 4) is 0 Å². The van der Waals surface area contributed by atoms with E-state index in [9.17, 15) is 4.79 Å². The Labute approximate surface area is 149 Å². The van der Waals surface area contributed by atoms with Crippen molar-refractivity contribution in [2.45, 2.75) is 32.2 Å². The van der Waals surface area contributed by atoms with Crippen LogP contribution in [0.4, 0.5) is 0 Å². The molecule has 0 aliphatic rings. The normalized spacial score (nSPS) is 11.8. The standard InChI is InChI=1S/C17H19ClN2O.Li/c1-12(2)20-13(3)19-11-16(20)17(21)10-6-8-14-7-4-5-9-15(14)18;/h4-5,7,9,11-12H,1,3,6,8,10H2,2H3;/q-2;+1/t12-;/m0./s1. The maximum Gasteiger partial charge on any atom is 1.00 e. The molecular formula is C17H19ClLiN2O-. The zero-order chi connectivity index (χ0) is 15.4. The first-order chi connectivity index (χ1) is 10.0. The molecule has 0 spiro atoms. The maximum atomic E-state index is 12.3. The van der Waals surface area contributed by atoms with E-state index in [-0.39, 0.29) is 30.7 Å². The van der Waals surface area contributed by atoms with Crippen LogP contribution in [-0.4, -0.2) is 15.3 Å². The SMILES string of the molecule is [CH2-]c1ncc(C(=O)CCCc2ccccc2Cl)n1[C@@H]([CH2-])C.[Li+]. The van der Waals surface area contributed by atoms with E-state index in [1.54, 1.807) is 10.8 Å². The minimum absolute atomic E-state index is 0. The summed E-state index contributed by atoms with van der Waals surface area (Å²) in [4.78, 5) is 16.4. The molecule has 2 aromatic rings. The molecule has 1 aromatic carbocycles. The third kappa shape index (κ3) is 4.43. The van der Waals surface area contributed by atoms with Gasteiger partial charge in [0.15, 0.2) is 5.78 Å². The number of aryl methyl sites for hydroxylation is 1. The number of imidazole rings is 1. The Morgan fingerprint density at radius 2 is 2.09 bits per heavy atom. The predicted molar refractivity (Wildman–Crippen MR) is 85.5 cm³/mol. The fourth-order valence-electron chi connectivity index (χ4n) is 2.37. The predicted octanol–water partition coefficient (Wildman–Crippen LogP) is 1.32. The average molecular weight is 310 g/mol. The number of carbonyl (C=O) groups is 1. The van der Waals surface area contributed by atoms with Crippen LogP contribution in [0.25, 0.3) is 0 Å². The number of benzene rings is 1. The summed E-state index contributed by atoms with van der Waals surface area (Å²) in [5, 5.41) is 0.751. The van der Waals surface area contributed by atoms with Gasteiger partial charge in [-0.1, -0.05) is 42.8 Å². The summed E-state index contributed by atoms with van der Waals surface area (Å²) >= 11 is 6.11. The largest absolute Gasteiger partial charge is 1.00 e. The molecule has 0 amide bonds. The van der Waals surface area contributed by atoms with E-state index in [0.717, 1.165) is 23.4 Å². The van der Waals surface area contributed by atoms with E-state index < -0.39 is 0 Å². The third-order valence-corrected chi connectivity index (χ3v) is 3.78. The molecule has 3 nitrogen and oxygen atoms in total. The number of halogens is 1. The molecule has 0 aliphatic heterocycles. The van der Waals surface area contributed by atoms with Crippen LogP contribution in [-0.2, 0) is 6.42 Å². The molecule has 1 heterocycles. The molecular weight excluding hydrogens is 291 g/mol. The average Bonchev–Trinajstić information content (AvgIpc) is 2.83. The molecule has 1 aromatic heterocycles. The van der Waals surface area contributed by atoms with Crippen molar-refractivity contribution >= 4 is 17.4 Å². The Kier molecular flexibility index (Phi) is 7.29. The van der Waals surface area contributed by atoms with Gasteiger partial charge in [0.2, 0.25) is 0 Å². The van der Waals surface area contributed by atoms with E-state index in [0.29, 0.717) is 17.9 Å². The zero-order valence-corrected chi connectivity index (χ0v) is 13.9. The number of nitrogens with zero attached hydrogens (tertiary/aromatic N) is 2. The molecule has 5 heteroatoms. The van der Waals surface area contributed by atoms with Crippen molar-refractivity contribution in [2.24, 2.45) is 0 Å². The number of carbonyl (C=O) groups excluding carboxylic acids is 1. The fourth-order valence-corrected chi connectivity index (χ4v) is 2.60. The van der Waals surface area contributed by atoms with E-state index in [2.05, 4.69) is 18.8 Å². The van der Waals surface area contributed by atoms with Gasteiger partial charge in [0.25, 0.3) is 0 Å². The van der Waals surface area contributed by atoms with Gasteiger partial charge in [-0.2, -0.15) is 0 Å². The second-order valence-electron chi connectivity index (χ2n) is 5.15. The van der Waals surface area contributed by atoms with Crippen molar-refractivity contribution in [1.82, 2.24) is 9.55 Å². The molecule has 0 N–H and O–H groups in total. The number of aromatic nitrogens is 2. The molecule has 0 saturated heterocycles. The van der Waals surface area contributed by atoms with E-state index >= 15 is 0 Å². The van der Waals surface area contributed by atoms with Gasteiger partial charge >= 0.3 is 18.9 Å². The van der Waals surface area contributed by atoms with Crippen LogP contribution in [0.15, 0.2) is 30.5 Å². The fraction of sp³-hybridized carbons (Fsp3) is 0.294. The van der Waals surface area contributed by atoms with Crippen LogP contribution >= 0.6 is 11.6 Å². The van der Waals surface area contributed by atoms with Crippen LogP contribution in [0.5, 0.6) is 0 Å². The molecule has 0 aliphatic carbocycles. The second-order valence-corrected chi connectivity index (χ2v) is 5.55. The number of Topliss-reactive ketones (excluding diaryl/α,β-unsaturated/α-hetero) is 1. The van der Waals surface area contributed by atoms with Gasteiger partial charge in [0, 0.05) is 11.4 Å². The smallest absolute Gasteiger partial charge is 0.380 e. The van der Waals surface area contributed by atoms with Gasteiger partial charge in [-0.15, -0.1) is 0 Å². The van der Waals surface area contributed by atoms with Gasteiger partial charge in [-0.05, 0) is 30.3 Å². The molecule has 22 heavy (non-hydrogen) atoms. The Hall–Kier alpha value is -1.14. The summed E-state index contributed by atoms with van der Waals surface area (Å²) in [7, 11) is 0.